The van der Waals surface area contributed by atoms with Crippen molar-refractivity contribution in [2.75, 3.05) is 33.2 Å². The van der Waals surface area contributed by atoms with Crippen molar-refractivity contribution >= 4 is 0 Å². The Bertz CT molecular complexity index is 246. The monoisotopic (exact) mass is 193 g/mol. The molecular formula is C11H19N3. The van der Waals surface area contributed by atoms with Gasteiger partial charge in [0.25, 0.3) is 0 Å². The van der Waals surface area contributed by atoms with Crippen molar-refractivity contribution in [1.82, 2.24) is 9.80 Å². The Balaban J connectivity index is 2.02. The maximum absolute atomic E-state index is 9.31. The molecule has 1 aliphatic heterocycles. The molecular weight excluding hydrogens is 174 g/mol. The second kappa shape index (κ2) is 3.52. The molecule has 0 radical (unpaired) electrons. The second-order valence-corrected chi connectivity index (χ2v) is 4.82. The zero-order chi connectivity index (χ0) is 10.2. The van der Waals surface area contributed by atoms with Crippen molar-refractivity contribution in [1.29, 1.82) is 5.26 Å². The van der Waals surface area contributed by atoms with Crippen molar-refractivity contribution in [2.24, 2.45) is 5.92 Å². The van der Waals surface area contributed by atoms with Gasteiger partial charge in [-0.05, 0) is 32.7 Å². The van der Waals surface area contributed by atoms with Crippen LogP contribution in [0.25, 0.3) is 0 Å². The van der Waals surface area contributed by atoms with E-state index < -0.39 is 0 Å². The van der Waals surface area contributed by atoms with Crippen LogP contribution in [0.5, 0.6) is 0 Å². The first-order valence-electron chi connectivity index (χ1n) is 5.51. The first-order chi connectivity index (χ1) is 6.66. The van der Waals surface area contributed by atoms with E-state index in [2.05, 4.69) is 29.8 Å². The summed E-state index contributed by atoms with van der Waals surface area (Å²) in [7, 11) is 2.15. The molecule has 0 spiro atoms. The lowest BCUT2D eigenvalue weighted by molar-refractivity contribution is 0.0709. The molecule has 78 valence electrons. The fraction of sp³-hybridized carbons (Fsp3) is 0.909. The second-order valence-electron chi connectivity index (χ2n) is 4.82. The van der Waals surface area contributed by atoms with Gasteiger partial charge in [0.2, 0.25) is 0 Å². The van der Waals surface area contributed by atoms with Gasteiger partial charge in [0.1, 0.15) is 5.54 Å². The highest BCUT2D eigenvalue weighted by atomic mass is 15.3. The molecule has 3 heteroatoms. The zero-order valence-electron chi connectivity index (χ0n) is 9.16. The number of piperazine rings is 1. The molecule has 0 bridgehead atoms. The molecule has 0 aromatic carbocycles. The quantitative estimate of drug-likeness (QED) is 0.653. The molecule has 1 atom stereocenters. The predicted octanol–water partition coefficient (Wildman–Crippen LogP) is 0.926. The van der Waals surface area contributed by atoms with Crippen LogP contribution in [0.2, 0.25) is 0 Å². The van der Waals surface area contributed by atoms with Gasteiger partial charge in [0, 0.05) is 26.2 Å². The van der Waals surface area contributed by atoms with Crippen molar-refractivity contribution in [3.05, 3.63) is 0 Å². The van der Waals surface area contributed by atoms with E-state index in [0.717, 1.165) is 26.2 Å². The number of nitrogens with zero attached hydrogens (tertiary/aromatic N) is 3. The summed E-state index contributed by atoms with van der Waals surface area (Å²) in [6, 6.07) is 2.53. The summed E-state index contributed by atoms with van der Waals surface area (Å²) in [6.07, 6.45) is 2.49. The molecule has 2 aliphatic rings. The molecule has 0 amide bonds. The Hall–Kier alpha value is -0.590. The topological polar surface area (TPSA) is 30.3 Å². The van der Waals surface area contributed by atoms with Crippen molar-refractivity contribution < 1.29 is 0 Å². The van der Waals surface area contributed by atoms with Gasteiger partial charge in [-0.25, -0.2) is 0 Å². The van der Waals surface area contributed by atoms with Crippen LogP contribution in [0, 0.1) is 17.2 Å². The molecule has 3 nitrogen and oxygen atoms in total. The largest absolute Gasteiger partial charge is 0.304 e. The predicted molar refractivity (Wildman–Crippen MR) is 55.8 cm³/mol. The average Bonchev–Trinajstić information content (AvgIpc) is 3.01. The maximum Gasteiger partial charge on any atom is 0.109 e. The molecule has 0 aromatic rings. The van der Waals surface area contributed by atoms with Crippen molar-refractivity contribution in [3.8, 4) is 6.07 Å². The minimum atomic E-state index is -0.179. The van der Waals surface area contributed by atoms with Gasteiger partial charge in [-0.15, -0.1) is 0 Å². The Morgan fingerprint density at radius 2 is 1.79 bits per heavy atom. The van der Waals surface area contributed by atoms with Crippen LogP contribution in [0.15, 0.2) is 0 Å². The number of hydrogen-bond acceptors (Lipinski definition) is 3. The van der Waals surface area contributed by atoms with Gasteiger partial charge in [-0.3, -0.25) is 4.90 Å². The van der Waals surface area contributed by atoms with E-state index in [1.165, 1.54) is 12.8 Å². The van der Waals surface area contributed by atoms with Crippen LogP contribution < -0.4 is 0 Å². The van der Waals surface area contributed by atoms with Crippen LogP contribution >= 0.6 is 0 Å². The molecule has 0 aromatic heterocycles. The fourth-order valence-corrected chi connectivity index (χ4v) is 2.34. The van der Waals surface area contributed by atoms with E-state index in [1.807, 2.05) is 0 Å². The van der Waals surface area contributed by atoms with E-state index in [0.29, 0.717) is 5.92 Å². The first kappa shape index (κ1) is 9.95. The molecule has 1 heterocycles. The number of likely N-dealkylation sites (N-methyl/N-ethyl adjacent to an activating group) is 1. The third-order valence-electron chi connectivity index (χ3n) is 3.76. The summed E-state index contributed by atoms with van der Waals surface area (Å²) in [5, 5.41) is 9.31. The minimum Gasteiger partial charge on any atom is -0.304 e. The number of rotatable bonds is 2. The SMILES string of the molecule is CN1CCN(C(C)(C#N)C2CC2)CC1. The first-order valence-corrected chi connectivity index (χ1v) is 5.51. The molecule has 0 N–H and O–H groups in total. The molecule has 1 unspecified atom stereocenters. The van der Waals surface area contributed by atoms with Gasteiger partial charge in [-0.2, -0.15) is 5.26 Å². The van der Waals surface area contributed by atoms with Gasteiger partial charge < -0.3 is 4.90 Å². The molecule has 1 saturated carbocycles. The molecule has 2 fully saturated rings. The molecule has 1 aliphatic carbocycles. The fourth-order valence-electron chi connectivity index (χ4n) is 2.34. The van der Waals surface area contributed by atoms with Crippen molar-refractivity contribution in [2.45, 2.75) is 25.3 Å². The lowest BCUT2D eigenvalue weighted by Gasteiger charge is -2.41. The number of hydrogen-bond donors (Lipinski definition) is 0. The molecule has 14 heavy (non-hydrogen) atoms. The summed E-state index contributed by atoms with van der Waals surface area (Å²) in [5.74, 6) is 0.635. The van der Waals surface area contributed by atoms with E-state index in [1.54, 1.807) is 0 Å². The Kier molecular flexibility index (Phi) is 2.50. The van der Waals surface area contributed by atoms with E-state index in [4.69, 9.17) is 0 Å². The summed E-state index contributed by atoms with van der Waals surface area (Å²) in [4.78, 5) is 4.71. The lowest BCUT2D eigenvalue weighted by atomic mass is 9.94. The van der Waals surface area contributed by atoms with Crippen LogP contribution in [0.4, 0.5) is 0 Å². The summed E-state index contributed by atoms with van der Waals surface area (Å²) in [5.41, 5.74) is -0.179. The molecule has 1 saturated heterocycles. The highest BCUT2D eigenvalue weighted by molar-refractivity contribution is 5.14. The highest BCUT2D eigenvalue weighted by Crippen LogP contribution is 2.42. The average molecular weight is 193 g/mol. The summed E-state index contributed by atoms with van der Waals surface area (Å²) >= 11 is 0. The van der Waals surface area contributed by atoms with E-state index in [9.17, 15) is 5.26 Å². The number of nitriles is 1. The van der Waals surface area contributed by atoms with E-state index >= 15 is 0 Å². The van der Waals surface area contributed by atoms with Crippen LogP contribution in [0.1, 0.15) is 19.8 Å². The van der Waals surface area contributed by atoms with Gasteiger partial charge in [0.05, 0.1) is 6.07 Å². The third kappa shape index (κ3) is 1.65. The normalized spacial score (nSPS) is 29.5. The zero-order valence-corrected chi connectivity index (χ0v) is 9.16. The summed E-state index contributed by atoms with van der Waals surface area (Å²) < 4.78 is 0. The van der Waals surface area contributed by atoms with Gasteiger partial charge in [0.15, 0.2) is 0 Å². The molecule has 2 rings (SSSR count). The Labute approximate surface area is 86.3 Å². The lowest BCUT2D eigenvalue weighted by Crippen LogP contribution is -2.55. The highest BCUT2D eigenvalue weighted by Gasteiger charge is 2.46. The third-order valence-corrected chi connectivity index (χ3v) is 3.76. The Morgan fingerprint density at radius 1 is 1.21 bits per heavy atom. The van der Waals surface area contributed by atoms with Gasteiger partial charge >= 0.3 is 0 Å². The van der Waals surface area contributed by atoms with Crippen LogP contribution in [-0.4, -0.2) is 48.6 Å². The smallest absolute Gasteiger partial charge is 0.109 e. The summed E-state index contributed by atoms with van der Waals surface area (Å²) in [6.45, 7) is 6.43. The Morgan fingerprint density at radius 3 is 2.21 bits per heavy atom. The minimum absolute atomic E-state index is 0.179. The van der Waals surface area contributed by atoms with Crippen LogP contribution in [0.3, 0.4) is 0 Å². The van der Waals surface area contributed by atoms with Crippen molar-refractivity contribution in [3.63, 3.8) is 0 Å². The maximum atomic E-state index is 9.31. The van der Waals surface area contributed by atoms with E-state index in [-0.39, 0.29) is 5.54 Å². The standard InChI is InChI=1S/C11H19N3/c1-11(9-12,10-3-4-10)14-7-5-13(2)6-8-14/h10H,3-8H2,1-2H3. The van der Waals surface area contributed by atoms with Gasteiger partial charge in [-0.1, -0.05) is 0 Å². The van der Waals surface area contributed by atoms with Crippen LogP contribution in [-0.2, 0) is 0 Å².